The second-order valence-corrected chi connectivity index (χ2v) is 6.07. The molecule has 2 fully saturated rings. The standard InChI is InChI=1S/C14H20N4O3/c1-8(2)12-14(20)17-6-4-5-10(17)13(19)18(12)7-11-15-9(3)21-16-11/h8,10,12H,4-7H2,1-3H3. The number of piperazine rings is 1. The summed E-state index contributed by atoms with van der Waals surface area (Å²) in [6.07, 6.45) is 1.64. The minimum atomic E-state index is -0.439. The van der Waals surface area contributed by atoms with Crippen molar-refractivity contribution in [3.8, 4) is 0 Å². The van der Waals surface area contributed by atoms with Crippen LogP contribution in [-0.4, -0.2) is 50.4 Å². The van der Waals surface area contributed by atoms with E-state index in [9.17, 15) is 9.59 Å². The Hall–Kier alpha value is -1.92. The molecule has 2 unspecified atom stereocenters. The zero-order chi connectivity index (χ0) is 15.1. The predicted molar refractivity (Wildman–Crippen MR) is 72.9 cm³/mol. The van der Waals surface area contributed by atoms with Crippen molar-refractivity contribution in [2.75, 3.05) is 6.54 Å². The Balaban J connectivity index is 1.90. The predicted octanol–water partition coefficient (Wildman–Crippen LogP) is 0.736. The van der Waals surface area contributed by atoms with Crippen LogP contribution in [0.4, 0.5) is 0 Å². The first-order valence-electron chi connectivity index (χ1n) is 7.39. The number of nitrogens with zero attached hydrogens (tertiary/aromatic N) is 4. The maximum absolute atomic E-state index is 12.7. The first kappa shape index (κ1) is 14.0. The molecule has 0 aromatic carbocycles. The molecule has 2 aliphatic rings. The summed E-state index contributed by atoms with van der Waals surface area (Å²) in [6, 6.07) is -0.744. The maximum Gasteiger partial charge on any atom is 0.246 e. The van der Waals surface area contributed by atoms with Crippen molar-refractivity contribution in [2.24, 2.45) is 5.92 Å². The van der Waals surface area contributed by atoms with Gasteiger partial charge < -0.3 is 14.3 Å². The van der Waals surface area contributed by atoms with Crippen LogP contribution in [0.25, 0.3) is 0 Å². The summed E-state index contributed by atoms with van der Waals surface area (Å²) < 4.78 is 4.96. The number of amides is 2. The molecule has 1 aromatic heterocycles. The number of hydrogen-bond donors (Lipinski definition) is 0. The molecule has 0 aliphatic carbocycles. The zero-order valence-electron chi connectivity index (χ0n) is 12.6. The van der Waals surface area contributed by atoms with Crippen molar-refractivity contribution >= 4 is 11.8 Å². The van der Waals surface area contributed by atoms with Gasteiger partial charge in [-0.3, -0.25) is 9.59 Å². The van der Waals surface area contributed by atoms with Crippen molar-refractivity contribution in [2.45, 2.75) is 52.2 Å². The van der Waals surface area contributed by atoms with Gasteiger partial charge in [-0.05, 0) is 18.8 Å². The number of aromatic nitrogens is 2. The summed E-state index contributed by atoms with van der Waals surface area (Å²) in [7, 11) is 0. The van der Waals surface area contributed by atoms with Crippen LogP contribution in [0, 0.1) is 12.8 Å². The Bertz CT molecular complexity index is 568. The lowest BCUT2D eigenvalue weighted by Gasteiger charge is -2.43. The lowest BCUT2D eigenvalue weighted by molar-refractivity contribution is -0.162. The summed E-state index contributed by atoms with van der Waals surface area (Å²) >= 11 is 0. The van der Waals surface area contributed by atoms with E-state index in [1.165, 1.54) is 0 Å². The largest absolute Gasteiger partial charge is 0.340 e. The van der Waals surface area contributed by atoms with E-state index in [0.717, 1.165) is 12.8 Å². The Morgan fingerprint density at radius 2 is 2.10 bits per heavy atom. The van der Waals surface area contributed by atoms with Gasteiger partial charge >= 0.3 is 0 Å². The number of hydrogen-bond acceptors (Lipinski definition) is 5. The van der Waals surface area contributed by atoms with E-state index in [4.69, 9.17) is 4.52 Å². The van der Waals surface area contributed by atoms with Crippen LogP contribution in [-0.2, 0) is 16.1 Å². The van der Waals surface area contributed by atoms with E-state index < -0.39 is 6.04 Å². The van der Waals surface area contributed by atoms with Gasteiger partial charge in [0, 0.05) is 13.5 Å². The highest BCUT2D eigenvalue weighted by Crippen LogP contribution is 2.30. The summed E-state index contributed by atoms with van der Waals surface area (Å²) in [5.41, 5.74) is 0. The van der Waals surface area contributed by atoms with Crippen LogP contribution in [0.5, 0.6) is 0 Å². The Morgan fingerprint density at radius 1 is 1.33 bits per heavy atom. The zero-order valence-corrected chi connectivity index (χ0v) is 12.6. The quantitative estimate of drug-likeness (QED) is 0.820. The molecule has 7 heteroatoms. The molecule has 2 saturated heterocycles. The molecule has 2 aliphatic heterocycles. The molecular weight excluding hydrogens is 272 g/mol. The number of aryl methyl sites for hydroxylation is 1. The van der Waals surface area contributed by atoms with Gasteiger partial charge in [0.05, 0.1) is 6.54 Å². The van der Waals surface area contributed by atoms with Crippen LogP contribution in [0.3, 0.4) is 0 Å². The fourth-order valence-electron chi connectivity index (χ4n) is 3.30. The first-order chi connectivity index (χ1) is 9.99. The molecule has 3 rings (SSSR count). The normalized spacial score (nSPS) is 25.9. The molecule has 0 bridgehead atoms. The maximum atomic E-state index is 12.7. The van der Waals surface area contributed by atoms with Crippen LogP contribution in [0.15, 0.2) is 4.52 Å². The summed E-state index contributed by atoms with van der Waals surface area (Å²) in [6.45, 7) is 6.54. The van der Waals surface area contributed by atoms with Gasteiger partial charge in [0.15, 0.2) is 5.82 Å². The van der Waals surface area contributed by atoms with Crippen molar-refractivity contribution in [3.63, 3.8) is 0 Å². The number of carbonyl (C=O) groups excluding carboxylic acids is 2. The number of rotatable bonds is 3. The summed E-state index contributed by atoms with van der Waals surface area (Å²) in [5, 5.41) is 3.84. The molecule has 2 atom stereocenters. The van der Waals surface area contributed by atoms with Gasteiger partial charge in [0.25, 0.3) is 0 Å². The third kappa shape index (κ3) is 2.30. The molecular formula is C14H20N4O3. The van der Waals surface area contributed by atoms with Gasteiger partial charge in [-0.25, -0.2) is 0 Å². The third-order valence-electron chi connectivity index (χ3n) is 4.21. The van der Waals surface area contributed by atoms with Crippen molar-refractivity contribution in [3.05, 3.63) is 11.7 Å². The lowest BCUT2D eigenvalue weighted by Crippen LogP contribution is -2.63. The smallest absolute Gasteiger partial charge is 0.246 e. The average Bonchev–Trinajstić information content (AvgIpc) is 3.04. The topological polar surface area (TPSA) is 79.5 Å². The molecule has 7 nitrogen and oxygen atoms in total. The van der Waals surface area contributed by atoms with Gasteiger partial charge in [-0.1, -0.05) is 19.0 Å². The molecule has 0 N–H and O–H groups in total. The number of fused-ring (bicyclic) bond motifs is 1. The monoisotopic (exact) mass is 292 g/mol. The third-order valence-corrected chi connectivity index (χ3v) is 4.21. The van der Waals surface area contributed by atoms with Gasteiger partial charge in [0.2, 0.25) is 17.7 Å². The van der Waals surface area contributed by atoms with Crippen LogP contribution in [0.2, 0.25) is 0 Å². The molecule has 0 spiro atoms. The second-order valence-electron chi connectivity index (χ2n) is 6.07. The molecule has 2 amide bonds. The van der Waals surface area contributed by atoms with Gasteiger partial charge in [-0.15, -0.1) is 0 Å². The van der Waals surface area contributed by atoms with Crippen molar-refractivity contribution in [1.29, 1.82) is 0 Å². The molecule has 114 valence electrons. The highest BCUT2D eigenvalue weighted by Gasteiger charge is 2.48. The highest BCUT2D eigenvalue weighted by atomic mass is 16.5. The molecule has 0 radical (unpaired) electrons. The van der Waals surface area contributed by atoms with E-state index in [2.05, 4.69) is 10.1 Å². The minimum absolute atomic E-state index is 0.00764. The van der Waals surface area contributed by atoms with E-state index >= 15 is 0 Å². The molecule has 1 aromatic rings. The van der Waals surface area contributed by atoms with E-state index in [-0.39, 0.29) is 30.3 Å². The summed E-state index contributed by atoms with van der Waals surface area (Å²) in [5.74, 6) is 1.02. The second kappa shape index (κ2) is 5.13. The molecule has 0 saturated carbocycles. The lowest BCUT2D eigenvalue weighted by atomic mass is 9.96. The molecule has 3 heterocycles. The van der Waals surface area contributed by atoms with E-state index in [0.29, 0.717) is 18.3 Å². The van der Waals surface area contributed by atoms with Crippen LogP contribution < -0.4 is 0 Å². The van der Waals surface area contributed by atoms with E-state index in [1.807, 2.05) is 13.8 Å². The SMILES string of the molecule is Cc1nc(CN2C(=O)C3CCCN3C(=O)C2C(C)C)no1. The Kier molecular flexibility index (Phi) is 3.43. The van der Waals surface area contributed by atoms with Gasteiger partial charge in [0.1, 0.15) is 12.1 Å². The first-order valence-corrected chi connectivity index (χ1v) is 7.39. The van der Waals surface area contributed by atoms with Crippen LogP contribution >= 0.6 is 0 Å². The Labute approximate surface area is 123 Å². The average molecular weight is 292 g/mol. The van der Waals surface area contributed by atoms with Crippen molar-refractivity contribution in [1.82, 2.24) is 19.9 Å². The fraction of sp³-hybridized carbons (Fsp3) is 0.714. The number of carbonyl (C=O) groups is 2. The highest BCUT2D eigenvalue weighted by molar-refractivity contribution is 5.97. The van der Waals surface area contributed by atoms with Gasteiger partial charge in [-0.2, -0.15) is 4.98 Å². The molecule has 21 heavy (non-hydrogen) atoms. The minimum Gasteiger partial charge on any atom is -0.340 e. The van der Waals surface area contributed by atoms with Crippen LogP contribution in [0.1, 0.15) is 38.4 Å². The summed E-state index contributed by atoms with van der Waals surface area (Å²) in [4.78, 5) is 32.9. The van der Waals surface area contributed by atoms with Crippen molar-refractivity contribution < 1.29 is 14.1 Å². The van der Waals surface area contributed by atoms with E-state index in [1.54, 1.807) is 16.7 Å². The fourth-order valence-corrected chi connectivity index (χ4v) is 3.30. The Morgan fingerprint density at radius 3 is 2.71 bits per heavy atom.